The Hall–Kier alpha value is -2.37. The molecular formula is C15H18N4O2. The van der Waals surface area contributed by atoms with Gasteiger partial charge in [0.1, 0.15) is 11.6 Å². The molecule has 1 aliphatic rings. The lowest BCUT2D eigenvalue weighted by Crippen LogP contribution is -2.41. The van der Waals surface area contributed by atoms with Crippen molar-refractivity contribution in [2.24, 2.45) is 0 Å². The van der Waals surface area contributed by atoms with Crippen molar-refractivity contribution < 1.29 is 9.53 Å². The van der Waals surface area contributed by atoms with E-state index in [0.29, 0.717) is 12.2 Å². The van der Waals surface area contributed by atoms with Gasteiger partial charge in [-0.15, -0.1) is 0 Å². The minimum absolute atomic E-state index is 0.126. The number of carbonyl (C=O) groups is 1. The third-order valence-electron chi connectivity index (χ3n) is 3.57. The van der Waals surface area contributed by atoms with Crippen molar-refractivity contribution in [2.45, 2.75) is 38.8 Å². The van der Waals surface area contributed by atoms with E-state index in [0.717, 1.165) is 23.6 Å². The molecular weight excluding hydrogens is 268 g/mol. The first-order chi connectivity index (χ1) is 10.1. The van der Waals surface area contributed by atoms with Gasteiger partial charge in [-0.05, 0) is 38.3 Å². The number of amides is 1. The van der Waals surface area contributed by atoms with Gasteiger partial charge in [0.25, 0.3) is 5.91 Å². The maximum atomic E-state index is 12.3. The topological polar surface area (TPSA) is 79.9 Å². The van der Waals surface area contributed by atoms with Crippen molar-refractivity contribution in [3.8, 4) is 5.75 Å². The second-order valence-electron chi connectivity index (χ2n) is 5.26. The second-order valence-corrected chi connectivity index (χ2v) is 5.26. The van der Waals surface area contributed by atoms with Crippen LogP contribution in [0.5, 0.6) is 5.75 Å². The van der Waals surface area contributed by atoms with E-state index in [2.05, 4.69) is 20.5 Å². The Morgan fingerprint density at radius 1 is 1.48 bits per heavy atom. The van der Waals surface area contributed by atoms with Crippen LogP contribution in [-0.4, -0.2) is 27.2 Å². The van der Waals surface area contributed by atoms with Crippen LogP contribution in [0.1, 0.15) is 36.6 Å². The molecule has 0 saturated carbocycles. The predicted molar refractivity (Wildman–Crippen MR) is 76.9 cm³/mol. The number of hydrogen-bond acceptors (Lipinski definition) is 4. The van der Waals surface area contributed by atoms with E-state index >= 15 is 0 Å². The molecule has 0 spiro atoms. The zero-order valence-electron chi connectivity index (χ0n) is 12.1. The van der Waals surface area contributed by atoms with Gasteiger partial charge in [0.05, 0.1) is 6.04 Å². The van der Waals surface area contributed by atoms with E-state index in [1.54, 1.807) is 0 Å². The highest BCUT2D eigenvalue weighted by atomic mass is 16.5. The van der Waals surface area contributed by atoms with Gasteiger partial charge >= 0.3 is 0 Å². The summed E-state index contributed by atoms with van der Waals surface area (Å²) in [5, 5.41) is 9.73. The van der Waals surface area contributed by atoms with Crippen LogP contribution in [-0.2, 0) is 11.2 Å². The summed E-state index contributed by atoms with van der Waals surface area (Å²) in [6.07, 6.45) is 1.08. The molecule has 6 heteroatoms. The second kappa shape index (κ2) is 5.55. The Morgan fingerprint density at radius 2 is 2.29 bits per heavy atom. The number of hydrogen-bond donors (Lipinski definition) is 2. The third-order valence-corrected chi connectivity index (χ3v) is 3.57. The number of nitrogens with zero attached hydrogens (tertiary/aromatic N) is 2. The number of nitrogens with one attached hydrogen (secondary N) is 2. The highest BCUT2D eigenvalue weighted by Crippen LogP contribution is 2.27. The average Bonchev–Trinajstić information content (AvgIpc) is 2.93. The van der Waals surface area contributed by atoms with Crippen LogP contribution in [0.2, 0.25) is 0 Å². The number of aromatic amines is 1. The molecule has 0 radical (unpaired) electrons. The molecule has 0 aliphatic carbocycles. The molecule has 1 amide bonds. The fraction of sp³-hybridized carbons (Fsp3) is 0.400. The van der Waals surface area contributed by atoms with E-state index in [1.165, 1.54) is 0 Å². The van der Waals surface area contributed by atoms with Crippen molar-refractivity contribution >= 4 is 5.91 Å². The van der Waals surface area contributed by atoms with Crippen molar-refractivity contribution in [1.82, 2.24) is 20.5 Å². The lowest BCUT2D eigenvalue weighted by molar-refractivity contribution is -0.129. The number of aromatic nitrogens is 3. The van der Waals surface area contributed by atoms with E-state index in [9.17, 15) is 4.79 Å². The fourth-order valence-electron chi connectivity index (χ4n) is 2.43. The Bertz CT molecular complexity index is 653. The molecule has 0 bridgehead atoms. The average molecular weight is 286 g/mol. The molecule has 110 valence electrons. The molecule has 1 aromatic heterocycles. The standard InChI is InChI=1S/C15H18N4O2/c1-9(14-17-10(2)18-19-14)16-15(20)13-8-7-11-5-3-4-6-12(11)21-13/h3-6,9,13H,7-8H2,1-2H3,(H,16,20)(H,17,18,19)/t9-,13-/m0/s1. The van der Waals surface area contributed by atoms with Gasteiger partial charge in [0.2, 0.25) is 0 Å². The molecule has 2 heterocycles. The SMILES string of the molecule is Cc1nc([C@H](C)NC(=O)[C@@H]2CCc3ccccc3O2)n[nH]1. The van der Waals surface area contributed by atoms with Gasteiger partial charge in [-0.2, -0.15) is 5.10 Å². The first-order valence-electron chi connectivity index (χ1n) is 7.07. The van der Waals surface area contributed by atoms with E-state index in [1.807, 2.05) is 38.1 Å². The molecule has 2 N–H and O–H groups in total. The number of benzene rings is 1. The van der Waals surface area contributed by atoms with Crippen molar-refractivity contribution in [2.75, 3.05) is 0 Å². The summed E-state index contributed by atoms with van der Waals surface area (Å²) in [5.41, 5.74) is 1.15. The Balaban J connectivity index is 1.64. The van der Waals surface area contributed by atoms with Gasteiger partial charge < -0.3 is 10.1 Å². The first kappa shape index (κ1) is 13.6. The molecule has 21 heavy (non-hydrogen) atoms. The van der Waals surface area contributed by atoms with Crippen LogP contribution < -0.4 is 10.1 Å². The predicted octanol–water partition coefficient (Wildman–Crippen LogP) is 1.68. The van der Waals surface area contributed by atoms with Gasteiger partial charge in [-0.3, -0.25) is 9.89 Å². The molecule has 0 fully saturated rings. The summed E-state index contributed by atoms with van der Waals surface area (Å²) in [6, 6.07) is 7.58. The third kappa shape index (κ3) is 2.89. The lowest BCUT2D eigenvalue weighted by Gasteiger charge is -2.26. The first-order valence-corrected chi connectivity index (χ1v) is 7.07. The number of aryl methyl sites for hydroxylation is 2. The minimum atomic E-state index is -0.456. The minimum Gasteiger partial charge on any atom is -0.480 e. The largest absolute Gasteiger partial charge is 0.480 e. The van der Waals surface area contributed by atoms with Crippen LogP contribution in [0, 0.1) is 6.92 Å². The monoisotopic (exact) mass is 286 g/mol. The molecule has 2 atom stereocenters. The molecule has 1 aromatic carbocycles. The van der Waals surface area contributed by atoms with Crippen molar-refractivity contribution in [3.05, 3.63) is 41.5 Å². The number of fused-ring (bicyclic) bond motifs is 1. The Morgan fingerprint density at radius 3 is 3.05 bits per heavy atom. The fourth-order valence-corrected chi connectivity index (χ4v) is 2.43. The van der Waals surface area contributed by atoms with Crippen LogP contribution in [0.3, 0.4) is 0 Å². The summed E-state index contributed by atoms with van der Waals surface area (Å²) in [7, 11) is 0. The summed E-state index contributed by atoms with van der Waals surface area (Å²) < 4.78 is 5.78. The summed E-state index contributed by atoms with van der Waals surface area (Å²) in [5.74, 6) is 1.98. The smallest absolute Gasteiger partial charge is 0.261 e. The number of H-pyrrole nitrogens is 1. The summed E-state index contributed by atoms with van der Waals surface area (Å²) in [6.45, 7) is 3.68. The highest BCUT2D eigenvalue weighted by molar-refractivity contribution is 5.81. The van der Waals surface area contributed by atoms with Crippen LogP contribution in [0.25, 0.3) is 0 Å². The molecule has 0 unspecified atom stereocenters. The van der Waals surface area contributed by atoms with Gasteiger partial charge in [-0.25, -0.2) is 4.98 Å². The number of para-hydroxylation sites is 1. The zero-order valence-corrected chi connectivity index (χ0v) is 12.1. The van der Waals surface area contributed by atoms with Gasteiger partial charge in [0.15, 0.2) is 11.9 Å². The maximum Gasteiger partial charge on any atom is 0.261 e. The molecule has 6 nitrogen and oxygen atoms in total. The highest BCUT2D eigenvalue weighted by Gasteiger charge is 2.27. The van der Waals surface area contributed by atoms with Gasteiger partial charge in [0, 0.05) is 0 Å². The van der Waals surface area contributed by atoms with Crippen LogP contribution in [0.4, 0.5) is 0 Å². The molecule has 1 aliphatic heterocycles. The van der Waals surface area contributed by atoms with Crippen LogP contribution >= 0.6 is 0 Å². The van der Waals surface area contributed by atoms with Crippen LogP contribution in [0.15, 0.2) is 24.3 Å². The molecule has 2 aromatic rings. The summed E-state index contributed by atoms with van der Waals surface area (Å²) >= 11 is 0. The Kier molecular flexibility index (Phi) is 3.60. The lowest BCUT2D eigenvalue weighted by atomic mass is 10.0. The van der Waals surface area contributed by atoms with Crippen molar-refractivity contribution in [1.29, 1.82) is 0 Å². The number of rotatable bonds is 3. The van der Waals surface area contributed by atoms with E-state index in [4.69, 9.17) is 4.74 Å². The maximum absolute atomic E-state index is 12.3. The summed E-state index contributed by atoms with van der Waals surface area (Å²) in [4.78, 5) is 16.5. The number of carbonyl (C=O) groups excluding carboxylic acids is 1. The van der Waals surface area contributed by atoms with Crippen molar-refractivity contribution in [3.63, 3.8) is 0 Å². The van der Waals surface area contributed by atoms with E-state index < -0.39 is 6.10 Å². The molecule has 0 saturated heterocycles. The normalized spacial score (nSPS) is 18.5. The quantitative estimate of drug-likeness (QED) is 0.899. The Labute approximate surface area is 122 Å². The number of ether oxygens (including phenoxy) is 1. The molecule has 3 rings (SSSR count). The van der Waals surface area contributed by atoms with Gasteiger partial charge in [-0.1, -0.05) is 18.2 Å². The van der Waals surface area contributed by atoms with E-state index in [-0.39, 0.29) is 11.9 Å². The zero-order chi connectivity index (χ0) is 14.8.